The predicted octanol–water partition coefficient (Wildman–Crippen LogP) is 5.34. The van der Waals surface area contributed by atoms with Gasteiger partial charge in [0.2, 0.25) is 5.91 Å². The van der Waals surface area contributed by atoms with Gasteiger partial charge in [-0.2, -0.15) is 0 Å². The molecular weight excluding hydrogens is 489 g/mol. The van der Waals surface area contributed by atoms with Crippen molar-refractivity contribution in [1.82, 2.24) is 19.4 Å². The second-order valence-electron chi connectivity index (χ2n) is 11.0. The van der Waals surface area contributed by atoms with Crippen LogP contribution in [0.5, 0.6) is 0 Å². The van der Waals surface area contributed by atoms with Crippen molar-refractivity contribution < 1.29 is 9.18 Å². The van der Waals surface area contributed by atoms with Gasteiger partial charge in [-0.25, -0.2) is 9.37 Å². The van der Waals surface area contributed by atoms with Crippen LogP contribution in [-0.4, -0.2) is 64.5 Å². The lowest BCUT2D eigenvalue weighted by Crippen LogP contribution is -2.51. The van der Waals surface area contributed by atoms with Crippen molar-refractivity contribution in [2.45, 2.75) is 33.2 Å². The van der Waals surface area contributed by atoms with Gasteiger partial charge in [0.25, 0.3) is 0 Å². The molecule has 2 aliphatic heterocycles. The van der Waals surface area contributed by atoms with E-state index in [1.54, 1.807) is 12.1 Å². The van der Waals surface area contributed by atoms with Crippen LogP contribution in [0.25, 0.3) is 16.7 Å². The Hall–Kier alpha value is -3.71. The van der Waals surface area contributed by atoms with Crippen molar-refractivity contribution >= 4 is 22.6 Å². The van der Waals surface area contributed by atoms with Gasteiger partial charge in [-0.05, 0) is 87.8 Å². The molecule has 2 fully saturated rings. The summed E-state index contributed by atoms with van der Waals surface area (Å²) >= 11 is 0. The van der Waals surface area contributed by atoms with Crippen molar-refractivity contribution in [3.8, 4) is 5.69 Å². The van der Waals surface area contributed by atoms with Crippen LogP contribution >= 0.6 is 0 Å². The van der Waals surface area contributed by atoms with Gasteiger partial charge in [0.1, 0.15) is 11.6 Å². The Morgan fingerprint density at radius 2 is 1.62 bits per heavy atom. The number of piperidine rings is 1. The zero-order valence-corrected chi connectivity index (χ0v) is 22.8. The maximum Gasteiger partial charge on any atom is 0.225 e. The molecule has 0 saturated carbocycles. The van der Waals surface area contributed by atoms with Crippen molar-refractivity contribution in [3.05, 3.63) is 89.5 Å². The van der Waals surface area contributed by atoms with Crippen LogP contribution in [0.4, 0.5) is 10.1 Å². The zero-order chi connectivity index (χ0) is 26.9. The molecule has 0 aliphatic carbocycles. The van der Waals surface area contributed by atoms with Gasteiger partial charge in [-0.3, -0.25) is 14.3 Å². The molecule has 3 aromatic carbocycles. The standard InChI is InChI=1S/C32H36FN5O/c1-23-7-12-29(24(2)21-23)36-17-19-37(20-18-36)32(39)25-13-15-35(16-14-25)22-31-34-28-5-3-4-6-30(28)38(31)27-10-8-26(33)9-11-27/h3-12,21,25H,13-20,22H2,1-2H3. The van der Waals surface area contributed by atoms with Crippen LogP contribution in [0.15, 0.2) is 66.7 Å². The van der Waals surface area contributed by atoms with E-state index in [4.69, 9.17) is 4.98 Å². The van der Waals surface area contributed by atoms with E-state index in [9.17, 15) is 9.18 Å². The van der Waals surface area contributed by atoms with E-state index < -0.39 is 0 Å². The number of aromatic nitrogens is 2. The van der Waals surface area contributed by atoms with Crippen LogP contribution in [0.3, 0.4) is 0 Å². The Balaban J connectivity index is 1.08. The molecule has 6 nitrogen and oxygen atoms in total. The van der Waals surface area contributed by atoms with E-state index in [1.807, 2.05) is 18.2 Å². The number of benzene rings is 3. The monoisotopic (exact) mass is 525 g/mol. The van der Waals surface area contributed by atoms with Gasteiger partial charge < -0.3 is 9.80 Å². The average Bonchev–Trinajstić information content (AvgIpc) is 3.31. The zero-order valence-electron chi connectivity index (χ0n) is 22.8. The van der Waals surface area contributed by atoms with Gasteiger partial charge in [-0.15, -0.1) is 0 Å². The quantitative estimate of drug-likeness (QED) is 0.353. The summed E-state index contributed by atoms with van der Waals surface area (Å²) in [5.74, 6) is 1.09. The normalized spacial score (nSPS) is 17.2. The van der Waals surface area contributed by atoms with Crippen LogP contribution in [0.2, 0.25) is 0 Å². The van der Waals surface area contributed by atoms with E-state index in [-0.39, 0.29) is 11.7 Å². The lowest BCUT2D eigenvalue weighted by atomic mass is 9.95. The van der Waals surface area contributed by atoms with Crippen molar-refractivity contribution in [2.75, 3.05) is 44.2 Å². The maximum atomic E-state index is 13.6. The third kappa shape index (κ3) is 5.28. The van der Waals surface area contributed by atoms with E-state index >= 15 is 0 Å². The largest absolute Gasteiger partial charge is 0.368 e. The first-order valence-corrected chi connectivity index (χ1v) is 14.0. The highest BCUT2D eigenvalue weighted by Gasteiger charge is 2.31. The number of fused-ring (bicyclic) bond motifs is 1. The molecule has 1 aromatic heterocycles. The third-order valence-electron chi connectivity index (χ3n) is 8.30. The molecular formula is C32H36FN5O. The fourth-order valence-electron chi connectivity index (χ4n) is 6.18. The molecule has 0 radical (unpaired) electrons. The molecule has 7 heteroatoms. The van der Waals surface area contributed by atoms with E-state index in [0.29, 0.717) is 12.5 Å². The third-order valence-corrected chi connectivity index (χ3v) is 8.30. The first-order valence-electron chi connectivity index (χ1n) is 14.0. The highest BCUT2D eigenvalue weighted by Crippen LogP contribution is 2.27. The van der Waals surface area contributed by atoms with Crippen LogP contribution < -0.4 is 4.90 Å². The highest BCUT2D eigenvalue weighted by atomic mass is 19.1. The number of imidazole rings is 1. The summed E-state index contributed by atoms with van der Waals surface area (Å²) < 4.78 is 15.7. The summed E-state index contributed by atoms with van der Waals surface area (Å²) in [5, 5.41) is 0. The highest BCUT2D eigenvalue weighted by molar-refractivity contribution is 5.79. The molecule has 0 N–H and O–H groups in total. The summed E-state index contributed by atoms with van der Waals surface area (Å²) in [6, 6.07) is 21.3. The maximum absolute atomic E-state index is 13.6. The Kier molecular flexibility index (Phi) is 7.09. The van der Waals surface area contributed by atoms with Crippen LogP contribution in [0, 0.1) is 25.6 Å². The first kappa shape index (κ1) is 25.6. The smallest absolute Gasteiger partial charge is 0.225 e. The fourth-order valence-corrected chi connectivity index (χ4v) is 6.18. The topological polar surface area (TPSA) is 44.6 Å². The Labute approximate surface area is 229 Å². The molecule has 0 unspecified atom stereocenters. The second kappa shape index (κ2) is 10.8. The average molecular weight is 526 g/mol. The van der Waals surface area contributed by atoms with Crippen molar-refractivity contribution in [2.24, 2.45) is 5.92 Å². The molecule has 0 spiro atoms. The first-order chi connectivity index (χ1) is 19.0. The molecule has 2 aliphatic rings. The number of piperazine rings is 1. The number of carbonyl (C=O) groups excluding carboxylic acids is 1. The van der Waals surface area contributed by atoms with Crippen LogP contribution in [-0.2, 0) is 11.3 Å². The Bertz CT molecular complexity index is 1460. The molecule has 6 rings (SSSR count). The SMILES string of the molecule is Cc1ccc(N2CCN(C(=O)C3CCN(Cc4nc5ccccc5n4-c4ccc(F)cc4)CC3)CC2)c(C)c1. The van der Waals surface area contributed by atoms with Gasteiger partial charge in [0, 0.05) is 43.5 Å². The number of hydrogen-bond acceptors (Lipinski definition) is 4. The van der Waals surface area contributed by atoms with E-state index in [2.05, 4.69) is 57.4 Å². The number of likely N-dealkylation sites (tertiary alicyclic amines) is 1. The van der Waals surface area contributed by atoms with E-state index in [0.717, 1.165) is 74.7 Å². The minimum absolute atomic E-state index is 0.0878. The molecule has 3 heterocycles. The Morgan fingerprint density at radius 1 is 0.897 bits per heavy atom. The van der Waals surface area contributed by atoms with Gasteiger partial charge >= 0.3 is 0 Å². The number of aryl methyl sites for hydroxylation is 2. The minimum atomic E-state index is -0.247. The number of para-hydroxylation sites is 2. The number of carbonyl (C=O) groups is 1. The minimum Gasteiger partial charge on any atom is -0.368 e. The lowest BCUT2D eigenvalue weighted by Gasteiger charge is -2.39. The lowest BCUT2D eigenvalue weighted by molar-refractivity contribution is -0.137. The number of anilines is 1. The van der Waals surface area contributed by atoms with Crippen molar-refractivity contribution in [1.29, 1.82) is 0 Å². The summed E-state index contributed by atoms with van der Waals surface area (Å²) in [4.78, 5) is 25.2. The summed E-state index contributed by atoms with van der Waals surface area (Å²) in [6.07, 6.45) is 1.74. The Morgan fingerprint density at radius 3 is 2.33 bits per heavy atom. The number of rotatable bonds is 5. The summed E-state index contributed by atoms with van der Waals surface area (Å²) in [6.45, 7) is 10.1. The van der Waals surface area contributed by atoms with Crippen LogP contribution in [0.1, 0.15) is 29.8 Å². The summed E-state index contributed by atoms with van der Waals surface area (Å²) in [7, 11) is 0. The van der Waals surface area contributed by atoms with Gasteiger partial charge in [0.15, 0.2) is 0 Å². The predicted molar refractivity (Wildman–Crippen MR) is 154 cm³/mol. The van der Waals surface area contributed by atoms with Gasteiger partial charge in [0.05, 0.1) is 17.6 Å². The fraction of sp³-hybridized carbons (Fsp3) is 0.375. The van der Waals surface area contributed by atoms with Gasteiger partial charge in [-0.1, -0.05) is 29.8 Å². The number of halogens is 1. The molecule has 2 saturated heterocycles. The molecule has 1 amide bonds. The molecule has 0 bridgehead atoms. The second-order valence-corrected chi connectivity index (χ2v) is 11.0. The molecule has 4 aromatic rings. The van der Waals surface area contributed by atoms with E-state index in [1.165, 1.54) is 28.9 Å². The number of nitrogens with zero attached hydrogens (tertiary/aromatic N) is 5. The molecule has 39 heavy (non-hydrogen) atoms. The number of hydrogen-bond donors (Lipinski definition) is 0. The molecule has 0 atom stereocenters. The number of amides is 1. The molecule has 202 valence electrons. The summed E-state index contributed by atoms with van der Waals surface area (Å²) in [5.41, 5.74) is 6.73. The van der Waals surface area contributed by atoms with Crippen molar-refractivity contribution in [3.63, 3.8) is 0 Å².